The number of thioether (sulfide) groups is 1. The van der Waals surface area contributed by atoms with Crippen LogP contribution in [-0.2, 0) is 4.74 Å². The van der Waals surface area contributed by atoms with Crippen molar-refractivity contribution in [3.63, 3.8) is 0 Å². The van der Waals surface area contributed by atoms with Crippen molar-refractivity contribution >= 4 is 17.5 Å². The third kappa shape index (κ3) is 3.52. The molecule has 0 heterocycles. The average Bonchev–Trinajstić information content (AvgIpc) is 2.19. The van der Waals surface area contributed by atoms with Crippen LogP contribution in [0, 0.1) is 0 Å². The first-order chi connectivity index (χ1) is 6.74. The second-order valence-electron chi connectivity index (χ2n) is 2.84. The number of ether oxygens (including phenoxy) is 1. The molecule has 0 saturated carbocycles. The summed E-state index contributed by atoms with van der Waals surface area (Å²) in [5.41, 5.74) is 0.755. The van der Waals surface area contributed by atoms with E-state index in [1.165, 1.54) is 0 Å². The Hall–Kier alpha value is -0.800. The van der Waals surface area contributed by atoms with Crippen molar-refractivity contribution in [3.8, 4) is 0 Å². The molecular formula is C11H14O2S. The van der Waals surface area contributed by atoms with Gasteiger partial charge in [-0.2, -0.15) is 0 Å². The first-order valence-electron chi connectivity index (χ1n) is 4.55. The summed E-state index contributed by atoms with van der Waals surface area (Å²) in [6.07, 6.45) is 0. The molecule has 0 radical (unpaired) electrons. The highest BCUT2D eigenvalue weighted by molar-refractivity contribution is 7.99. The van der Waals surface area contributed by atoms with Crippen molar-refractivity contribution in [2.45, 2.75) is 18.7 Å². The molecule has 0 aliphatic carbocycles. The number of rotatable bonds is 5. The third-order valence-corrected chi connectivity index (χ3v) is 2.66. The molecule has 76 valence electrons. The van der Waals surface area contributed by atoms with Crippen molar-refractivity contribution < 1.29 is 9.53 Å². The van der Waals surface area contributed by atoms with E-state index in [0.29, 0.717) is 5.94 Å². The maximum Gasteiger partial charge on any atom is 0.159 e. The molecule has 2 nitrogen and oxygen atoms in total. The lowest BCUT2D eigenvalue weighted by Gasteiger charge is -2.02. The second kappa shape index (κ2) is 5.83. The second-order valence-corrected chi connectivity index (χ2v) is 3.83. The fourth-order valence-electron chi connectivity index (χ4n) is 0.979. The van der Waals surface area contributed by atoms with Gasteiger partial charge < -0.3 is 4.74 Å². The zero-order chi connectivity index (χ0) is 10.4. The SMILES string of the molecule is CCOCSc1ccc(C(C)=O)cc1. The van der Waals surface area contributed by atoms with Gasteiger partial charge in [-0.1, -0.05) is 23.9 Å². The van der Waals surface area contributed by atoms with Crippen molar-refractivity contribution in [3.05, 3.63) is 29.8 Å². The Balaban J connectivity index is 2.51. The van der Waals surface area contributed by atoms with E-state index in [0.717, 1.165) is 17.1 Å². The number of hydrogen-bond donors (Lipinski definition) is 0. The van der Waals surface area contributed by atoms with Crippen molar-refractivity contribution in [2.24, 2.45) is 0 Å². The van der Waals surface area contributed by atoms with E-state index in [1.54, 1.807) is 18.7 Å². The summed E-state index contributed by atoms with van der Waals surface area (Å²) >= 11 is 1.63. The summed E-state index contributed by atoms with van der Waals surface area (Å²) in [7, 11) is 0. The van der Waals surface area contributed by atoms with Crippen molar-refractivity contribution in [1.82, 2.24) is 0 Å². The Morgan fingerprint density at radius 1 is 1.36 bits per heavy atom. The first-order valence-corrected chi connectivity index (χ1v) is 5.54. The summed E-state index contributed by atoms with van der Waals surface area (Å²) < 4.78 is 5.21. The van der Waals surface area contributed by atoms with E-state index in [-0.39, 0.29) is 5.78 Å². The molecule has 0 aliphatic rings. The molecular weight excluding hydrogens is 196 g/mol. The van der Waals surface area contributed by atoms with Crippen LogP contribution in [0.25, 0.3) is 0 Å². The molecule has 0 aliphatic heterocycles. The highest BCUT2D eigenvalue weighted by Crippen LogP contribution is 2.18. The summed E-state index contributed by atoms with van der Waals surface area (Å²) in [4.78, 5) is 12.1. The Labute approximate surface area is 88.7 Å². The van der Waals surface area contributed by atoms with Crippen LogP contribution < -0.4 is 0 Å². The van der Waals surface area contributed by atoms with Gasteiger partial charge in [-0.15, -0.1) is 0 Å². The number of Topliss-reactive ketones (excluding diaryl/α,β-unsaturated/α-hetero) is 1. The molecule has 0 spiro atoms. The van der Waals surface area contributed by atoms with Crippen LogP contribution in [0.5, 0.6) is 0 Å². The van der Waals surface area contributed by atoms with Gasteiger partial charge in [0.1, 0.15) is 0 Å². The van der Waals surface area contributed by atoms with Gasteiger partial charge in [0, 0.05) is 17.1 Å². The lowest BCUT2D eigenvalue weighted by atomic mass is 10.2. The third-order valence-electron chi connectivity index (χ3n) is 1.77. The molecule has 0 saturated heterocycles. The highest BCUT2D eigenvalue weighted by atomic mass is 32.2. The molecule has 0 amide bonds. The molecule has 1 aromatic carbocycles. The average molecular weight is 210 g/mol. The van der Waals surface area contributed by atoms with E-state index < -0.39 is 0 Å². The molecule has 14 heavy (non-hydrogen) atoms. The molecule has 1 aromatic rings. The van der Waals surface area contributed by atoms with Gasteiger partial charge in [-0.3, -0.25) is 4.79 Å². The minimum atomic E-state index is 0.103. The lowest BCUT2D eigenvalue weighted by molar-refractivity contribution is 0.101. The Bertz CT molecular complexity index is 293. The molecule has 0 fully saturated rings. The molecule has 1 rings (SSSR count). The molecule has 0 unspecified atom stereocenters. The lowest BCUT2D eigenvalue weighted by Crippen LogP contribution is -1.91. The first kappa shape index (κ1) is 11.3. The maximum absolute atomic E-state index is 11.0. The van der Waals surface area contributed by atoms with Crippen LogP contribution in [-0.4, -0.2) is 18.3 Å². The number of ketones is 1. The number of carbonyl (C=O) groups is 1. The van der Waals surface area contributed by atoms with Crippen LogP contribution in [0.2, 0.25) is 0 Å². The minimum Gasteiger partial charge on any atom is -0.371 e. The number of benzene rings is 1. The molecule has 0 bridgehead atoms. The molecule has 0 atom stereocenters. The van der Waals surface area contributed by atoms with Gasteiger partial charge in [-0.05, 0) is 26.0 Å². The van der Waals surface area contributed by atoms with Crippen LogP contribution in [0.15, 0.2) is 29.2 Å². The fourth-order valence-corrected chi connectivity index (χ4v) is 1.69. The predicted molar refractivity (Wildman–Crippen MR) is 58.8 cm³/mol. The smallest absolute Gasteiger partial charge is 0.159 e. The van der Waals surface area contributed by atoms with Gasteiger partial charge in [-0.25, -0.2) is 0 Å². The summed E-state index contributed by atoms with van der Waals surface area (Å²) in [6, 6.07) is 7.58. The van der Waals surface area contributed by atoms with Crippen LogP contribution in [0.4, 0.5) is 0 Å². The van der Waals surface area contributed by atoms with E-state index in [2.05, 4.69) is 0 Å². The zero-order valence-electron chi connectivity index (χ0n) is 8.45. The molecule has 0 N–H and O–H groups in total. The number of hydrogen-bond acceptors (Lipinski definition) is 3. The Kier molecular flexibility index (Phi) is 4.70. The Morgan fingerprint density at radius 2 is 2.00 bits per heavy atom. The molecule has 0 aromatic heterocycles. The van der Waals surface area contributed by atoms with Crippen molar-refractivity contribution in [2.75, 3.05) is 12.5 Å². The Morgan fingerprint density at radius 3 is 2.50 bits per heavy atom. The monoisotopic (exact) mass is 210 g/mol. The summed E-state index contributed by atoms with van der Waals surface area (Å²) in [5.74, 6) is 0.766. The van der Waals surface area contributed by atoms with Crippen LogP contribution in [0.1, 0.15) is 24.2 Å². The molecule has 3 heteroatoms. The van der Waals surface area contributed by atoms with Crippen LogP contribution in [0.3, 0.4) is 0 Å². The van der Waals surface area contributed by atoms with E-state index in [9.17, 15) is 4.79 Å². The van der Waals surface area contributed by atoms with Gasteiger partial charge in [0.25, 0.3) is 0 Å². The maximum atomic E-state index is 11.0. The quantitative estimate of drug-likeness (QED) is 0.323. The van der Waals surface area contributed by atoms with E-state index in [4.69, 9.17) is 4.74 Å². The summed E-state index contributed by atoms with van der Waals surface area (Å²) in [5, 5.41) is 0. The van der Waals surface area contributed by atoms with Gasteiger partial charge >= 0.3 is 0 Å². The van der Waals surface area contributed by atoms with Gasteiger partial charge in [0.05, 0.1) is 5.94 Å². The predicted octanol–water partition coefficient (Wildman–Crippen LogP) is 2.98. The van der Waals surface area contributed by atoms with E-state index >= 15 is 0 Å². The number of carbonyl (C=O) groups excluding carboxylic acids is 1. The van der Waals surface area contributed by atoms with Gasteiger partial charge in [0.2, 0.25) is 0 Å². The normalized spacial score (nSPS) is 10.1. The largest absolute Gasteiger partial charge is 0.371 e. The topological polar surface area (TPSA) is 26.3 Å². The van der Waals surface area contributed by atoms with Gasteiger partial charge in [0.15, 0.2) is 5.78 Å². The zero-order valence-corrected chi connectivity index (χ0v) is 9.26. The fraction of sp³-hybridized carbons (Fsp3) is 0.364. The van der Waals surface area contributed by atoms with Crippen molar-refractivity contribution in [1.29, 1.82) is 0 Å². The minimum absolute atomic E-state index is 0.103. The van der Waals surface area contributed by atoms with E-state index in [1.807, 2.05) is 31.2 Å². The van der Waals surface area contributed by atoms with Crippen LogP contribution >= 0.6 is 11.8 Å². The summed E-state index contributed by atoms with van der Waals surface area (Å²) in [6.45, 7) is 4.28. The highest BCUT2D eigenvalue weighted by Gasteiger charge is 1.98. The standard InChI is InChI=1S/C11H14O2S/c1-3-13-8-14-11-6-4-10(5-7-11)9(2)12/h4-7H,3,8H2,1-2H3.